The van der Waals surface area contributed by atoms with Crippen LogP contribution < -0.4 is 10.3 Å². The van der Waals surface area contributed by atoms with Gasteiger partial charge in [-0.25, -0.2) is 4.39 Å². The van der Waals surface area contributed by atoms with E-state index in [4.69, 9.17) is 16.3 Å². The van der Waals surface area contributed by atoms with E-state index in [-0.39, 0.29) is 23.0 Å². The molecule has 2 aromatic carbocycles. The fourth-order valence-corrected chi connectivity index (χ4v) is 3.77. The third-order valence-electron chi connectivity index (χ3n) is 5.42. The molecule has 2 N–H and O–H groups in total. The van der Waals surface area contributed by atoms with E-state index in [1.165, 1.54) is 31.4 Å². The number of methoxy groups -OCH3 is 1. The molecule has 5 nitrogen and oxygen atoms in total. The van der Waals surface area contributed by atoms with Crippen molar-refractivity contribution in [2.45, 2.75) is 37.5 Å². The van der Waals surface area contributed by atoms with Gasteiger partial charge in [-0.2, -0.15) is 13.2 Å². The number of aliphatic imine (C=N–C) groups is 1. The van der Waals surface area contributed by atoms with Gasteiger partial charge in [0.1, 0.15) is 11.6 Å². The summed E-state index contributed by atoms with van der Waals surface area (Å²) in [6.45, 7) is 1.69. The Morgan fingerprint density at radius 1 is 1.21 bits per heavy atom. The van der Waals surface area contributed by atoms with Crippen LogP contribution in [0.2, 0.25) is 5.02 Å². The van der Waals surface area contributed by atoms with Crippen LogP contribution in [0, 0.1) is 5.82 Å². The van der Waals surface area contributed by atoms with Crippen molar-refractivity contribution in [1.82, 2.24) is 4.98 Å². The first kappa shape index (κ1) is 24.7. The van der Waals surface area contributed by atoms with E-state index < -0.39 is 35.5 Å². The van der Waals surface area contributed by atoms with E-state index in [1.54, 1.807) is 13.0 Å². The molecule has 0 aliphatic rings. The number of halogens is 5. The second kappa shape index (κ2) is 9.52. The van der Waals surface area contributed by atoms with Gasteiger partial charge in [0.2, 0.25) is 5.56 Å². The van der Waals surface area contributed by atoms with Gasteiger partial charge in [-0.3, -0.25) is 9.79 Å². The van der Waals surface area contributed by atoms with E-state index in [2.05, 4.69) is 9.98 Å². The monoisotopic (exact) mass is 484 g/mol. The van der Waals surface area contributed by atoms with Crippen LogP contribution in [0.5, 0.6) is 5.75 Å². The molecule has 0 saturated carbocycles. The van der Waals surface area contributed by atoms with Crippen LogP contribution in [0.1, 0.15) is 31.2 Å². The summed E-state index contributed by atoms with van der Waals surface area (Å²) in [7, 11) is 1.38. The van der Waals surface area contributed by atoms with Gasteiger partial charge in [0.25, 0.3) is 0 Å². The minimum absolute atomic E-state index is 0.0394. The van der Waals surface area contributed by atoms with Crippen LogP contribution in [0.15, 0.2) is 52.3 Å². The number of hydrogen-bond acceptors (Lipinski definition) is 4. The lowest BCUT2D eigenvalue weighted by atomic mass is 9.84. The highest BCUT2D eigenvalue weighted by atomic mass is 35.5. The number of hydrogen-bond donors (Lipinski definition) is 2. The first-order valence-electron chi connectivity index (χ1n) is 9.98. The molecule has 176 valence electrons. The summed E-state index contributed by atoms with van der Waals surface area (Å²) in [5, 5.41) is 11.1. The Labute approximate surface area is 191 Å². The minimum Gasteiger partial charge on any atom is -0.496 e. The average Bonchev–Trinajstić information content (AvgIpc) is 2.76. The Bertz CT molecular complexity index is 1240. The van der Waals surface area contributed by atoms with Crippen LogP contribution >= 0.6 is 11.6 Å². The van der Waals surface area contributed by atoms with Gasteiger partial charge in [0.05, 0.1) is 18.3 Å². The zero-order chi connectivity index (χ0) is 24.4. The molecule has 33 heavy (non-hydrogen) atoms. The highest BCUT2D eigenvalue weighted by Crippen LogP contribution is 2.42. The molecule has 0 fully saturated rings. The second-order valence-corrected chi connectivity index (χ2v) is 7.99. The molecule has 1 heterocycles. The average molecular weight is 485 g/mol. The van der Waals surface area contributed by atoms with Crippen LogP contribution in [-0.4, -0.2) is 35.2 Å². The van der Waals surface area contributed by atoms with E-state index >= 15 is 0 Å². The van der Waals surface area contributed by atoms with Crippen LogP contribution in [0.3, 0.4) is 0 Å². The summed E-state index contributed by atoms with van der Waals surface area (Å²) in [4.78, 5) is 17.6. The normalized spacial score (nSPS) is 15.0. The molecule has 0 amide bonds. The summed E-state index contributed by atoms with van der Waals surface area (Å²) >= 11 is 5.96. The lowest BCUT2D eigenvalue weighted by Crippen LogP contribution is -2.47. The molecule has 0 aliphatic heterocycles. The number of H-pyrrole nitrogens is 1. The largest absolute Gasteiger partial charge is 0.496 e. The van der Waals surface area contributed by atoms with Crippen molar-refractivity contribution in [3.63, 3.8) is 0 Å². The first-order chi connectivity index (χ1) is 15.5. The predicted molar refractivity (Wildman–Crippen MR) is 119 cm³/mol. The molecular formula is C23H21ClF4N2O3. The smallest absolute Gasteiger partial charge is 0.422 e. The van der Waals surface area contributed by atoms with Gasteiger partial charge in [0, 0.05) is 22.7 Å². The van der Waals surface area contributed by atoms with Gasteiger partial charge in [-0.1, -0.05) is 24.6 Å². The van der Waals surface area contributed by atoms with Crippen LogP contribution in [0.25, 0.3) is 10.9 Å². The molecule has 3 rings (SSSR count). The molecule has 3 aromatic rings. The van der Waals surface area contributed by atoms with Crippen molar-refractivity contribution in [2.75, 3.05) is 7.11 Å². The summed E-state index contributed by atoms with van der Waals surface area (Å²) in [6.07, 6.45) is -5.10. The van der Waals surface area contributed by atoms with Gasteiger partial charge in [0.15, 0.2) is 5.60 Å². The molecule has 0 spiro atoms. The molecule has 2 atom stereocenters. The molecule has 0 radical (unpaired) electrons. The standard InChI is InChI=1S/C23H21ClF4N2O3/c1-3-13(15-5-4-14(24)10-19(15)33-2)11-22(32,23(26,27)28)12-29-18-8-7-17(25)21-16(18)6-9-20(31)30-21/h4-10,12-13,32H,3,11H2,1-2H3,(H,30,31). The summed E-state index contributed by atoms with van der Waals surface area (Å²) in [6, 6.07) is 9.10. The lowest BCUT2D eigenvalue weighted by Gasteiger charge is -2.31. The van der Waals surface area contributed by atoms with Crippen LogP contribution in [0.4, 0.5) is 23.2 Å². The quantitative estimate of drug-likeness (QED) is 0.323. The summed E-state index contributed by atoms with van der Waals surface area (Å²) < 4.78 is 61.3. The fraction of sp³-hybridized carbons (Fsp3) is 0.304. The topological polar surface area (TPSA) is 74.7 Å². The zero-order valence-corrected chi connectivity index (χ0v) is 18.5. The Morgan fingerprint density at radius 3 is 2.58 bits per heavy atom. The van der Waals surface area contributed by atoms with Crippen molar-refractivity contribution in [3.05, 3.63) is 69.2 Å². The maximum absolute atomic E-state index is 14.0. The molecular weight excluding hydrogens is 464 g/mol. The minimum atomic E-state index is -5.05. The van der Waals surface area contributed by atoms with E-state index in [0.29, 0.717) is 22.6 Å². The number of aromatic amines is 1. The molecule has 0 bridgehead atoms. The number of alkyl halides is 3. The van der Waals surface area contributed by atoms with Crippen molar-refractivity contribution >= 4 is 34.4 Å². The number of benzene rings is 2. The van der Waals surface area contributed by atoms with Gasteiger partial charge in [-0.15, -0.1) is 0 Å². The number of aliphatic hydroxyl groups is 1. The van der Waals surface area contributed by atoms with Gasteiger partial charge in [-0.05, 0) is 54.7 Å². The number of pyridine rings is 1. The van der Waals surface area contributed by atoms with Crippen molar-refractivity contribution in [2.24, 2.45) is 4.99 Å². The highest BCUT2D eigenvalue weighted by Gasteiger charge is 2.53. The Morgan fingerprint density at radius 2 is 1.94 bits per heavy atom. The third-order valence-corrected chi connectivity index (χ3v) is 5.65. The number of nitrogens with zero attached hydrogens (tertiary/aromatic N) is 1. The van der Waals surface area contributed by atoms with E-state index in [9.17, 15) is 27.5 Å². The van der Waals surface area contributed by atoms with E-state index in [1.807, 2.05) is 0 Å². The Balaban J connectivity index is 2.04. The van der Waals surface area contributed by atoms with Crippen LogP contribution in [-0.2, 0) is 0 Å². The molecule has 0 aliphatic carbocycles. The maximum Gasteiger partial charge on any atom is 0.422 e. The molecule has 1 aromatic heterocycles. The number of ether oxygens (including phenoxy) is 1. The number of rotatable bonds is 7. The van der Waals surface area contributed by atoms with Crippen molar-refractivity contribution in [3.8, 4) is 5.75 Å². The number of fused-ring (bicyclic) bond motifs is 1. The van der Waals surface area contributed by atoms with E-state index in [0.717, 1.165) is 12.1 Å². The first-order valence-corrected chi connectivity index (χ1v) is 10.4. The summed E-state index contributed by atoms with van der Waals surface area (Å²) in [5.41, 5.74) is -3.63. The Kier molecular flexibility index (Phi) is 7.14. The number of nitrogens with one attached hydrogen (secondary N) is 1. The Hall–Kier alpha value is -2.91. The second-order valence-electron chi connectivity index (χ2n) is 7.55. The SMILES string of the molecule is CCC(CC(O)(C=Nc1ccc(F)c2[nH]c(=O)ccc12)C(F)(F)F)c1ccc(Cl)cc1OC. The number of aromatic nitrogens is 1. The fourth-order valence-electron chi connectivity index (χ4n) is 3.60. The summed E-state index contributed by atoms with van der Waals surface area (Å²) in [5.74, 6) is -1.19. The molecule has 2 unspecified atom stereocenters. The van der Waals surface area contributed by atoms with Gasteiger partial charge >= 0.3 is 6.18 Å². The maximum atomic E-state index is 14.0. The van der Waals surface area contributed by atoms with Gasteiger partial charge < -0.3 is 14.8 Å². The predicted octanol–water partition coefficient (Wildman–Crippen LogP) is 5.91. The van der Waals surface area contributed by atoms with Crippen molar-refractivity contribution in [1.29, 1.82) is 0 Å². The highest BCUT2D eigenvalue weighted by molar-refractivity contribution is 6.30. The molecule has 10 heteroatoms. The third kappa shape index (κ3) is 5.20. The van der Waals surface area contributed by atoms with Crippen molar-refractivity contribution < 1.29 is 27.4 Å². The lowest BCUT2D eigenvalue weighted by molar-refractivity contribution is -0.232. The zero-order valence-electron chi connectivity index (χ0n) is 17.7. The molecule has 0 saturated heterocycles.